The first-order valence-corrected chi connectivity index (χ1v) is 5.61. The molecule has 0 radical (unpaired) electrons. The highest BCUT2D eigenvalue weighted by Crippen LogP contribution is 2.27. The third-order valence-corrected chi connectivity index (χ3v) is 2.45. The maximum absolute atomic E-state index is 12.5. The molecule has 112 valence electrons. The number of rotatable bonds is 5. The summed E-state index contributed by atoms with van der Waals surface area (Å²) in [5.41, 5.74) is -2.74. The smallest absolute Gasteiger partial charge is 0.421 e. The summed E-state index contributed by atoms with van der Waals surface area (Å²) in [4.78, 5) is 21.9. The van der Waals surface area contributed by atoms with Gasteiger partial charge >= 0.3 is 12.1 Å². The fourth-order valence-electron chi connectivity index (χ4n) is 1.35. The van der Waals surface area contributed by atoms with Crippen LogP contribution in [0, 0.1) is 0 Å². The number of ether oxygens (including phenoxy) is 2. The molecule has 0 aliphatic heterocycles. The average molecular weight is 294 g/mol. The van der Waals surface area contributed by atoms with Gasteiger partial charge in [0, 0.05) is 0 Å². The van der Waals surface area contributed by atoms with Gasteiger partial charge in [0.25, 0.3) is 5.56 Å². The van der Waals surface area contributed by atoms with Crippen LogP contribution in [0.1, 0.15) is 30.7 Å². The summed E-state index contributed by atoms with van der Waals surface area (Å²) >= 11 is 0. The van der Waals surface area contributed by atoms with E-state index in [1.54, 1.807) is 5.10 Å². The van der Waals surface area contributed by atoms with E-state index >= 15 is 0 Å². The number of carbonyl (C=O) groups is 1. The second-order valence-electron chi connectivity index (χ2n) is 3.87. The summed E-state index contributed by atoms with van der Waals surface area (Å²) in [5.74, 6) is -0.498. The molecule has 20 heavy (non-hydrogen) atoms. The molecule has 0 spiro atoms. The van der Waals surface area contributed by atoms with Crippen molar-refractivity contribution < 1.29 is 27.4 Å². The number of halogens is 3. The highest BCUT2D eigenvalue weighted by molar-refractivity contribution is 5.69. The molecule has 1 atom stereocenters. The molecule has 0 amide bonds. The van der Waals surface area contributed by atoms with Crippen molar-refractivity contribution in [2.45, 2.75) is 25.6 Å². The molecular formula is C11H13F3N2O4. The maximum atomic E-state index is 12.5. The van der Waals surface area contributed by atoms with Gasteiger partial charge in [-0.15, -0.1) is 0 Å². The lowest BCUT2D eigenvalue weighted by Gasteiger charge is -2.13. The Kier molecular flexibility index (Phi) is 5.26. The molecule has 0 bridgehead atoms. The lowest BCUT2D eigenvalue weighted by atomic mass is 10.2. The quantitative estimate of drug-likeness (QED) is 0.831. The Hall–Kier alpha value is -1.90. The zero-order valence-corrected chi connectivity index (χ0v) is 10.8. The highest BCUT2D eigenvalue weighted by Gasteiger charge is 2.34. The maximum Gasteiger partial charge on any atom is 0.421 e. The number of nitrogens with zero attached hydrogens (tertiary/aromatic N) is 1. The van der Waals surface area contributed by atoms with Gasteiger partial charge in [-0.2, -0.15) is 18.3 Å². The van der Waals surface area contributed by atoms with Crippen LogP contribution in [0.3, 0.4) is 0 Å². The molecule has 0 aromatic carbocycles. The van der Waals surface area contributed by atoms with E-state index in [9.17, 15) is 22.8 Å². The van der Waals surface area contributed by atoms with E-state index in [2.05, 4.69) is 9.84 Å². The number of aromatic amines is 1. The summed E-state index contributed by atoms with van der Waals surface area (Å²) in [6, 6.07) is 0.627. The number of nitrogens with one attached hydrogen (secondary N) is 1. The van der Waals surface area contributed by atoms with Gasteiger partial charge in [0.15, 0.2) is 0 Å². The first-order chi connectivity index (χ1) is 9.25. The Morgan fingerprint density at radius 2 is 2.15 bits per heavy atom. The minimum absolute atomic E-state index is 0.0314. The summed E-state index contributed by atoms with van der Waals surface area (Å²) in [6.07, 6.45) is -5.61. The van der Waals surface area contributed by atoms with Gasteiger partial charge in [0.1, 0.15) is 5.56 Å². The fourth-order valence-corrected chi connectivity index (χ4v) is 1.35. The van der Waals surface area contributed by atoms with Crippen molar-refractivity contribution in [3.63, 3.8) is 0 Å². The Balaban J connectivity index is 2.77. The number of hydrogen-bond acceptors (Lipinski definition) is 5. The van der Waals surface area contributed by atoms with Crippen molar-refractivity contribution >= 4 is 5.97 Å². The van der Waals surface area contributed by atoms with E-state index in [-0.39, 0.29) is 18.7 Å². The largest absolute Gasteiger partial charge is 0.469 e. The monoisotopic (exact) mass is 294 g/mol. The molecular weight excluding hydrogens is 281 g/mol. The zero-order chi connectivity index (χ0) is 15.3. The molecule has 0 aliphatic carbocycles. The van der Waals surface area contributed by atoms with Crippen molar-refractivity contribution in [1.82, 2.24) is 10.2 Å². The van der Waals surface area contributed by atoms with Gasteiger partial charge in [0.05, 0.1) is 31.9 Å². The van der Waals surface area contributed by atoms with Gasteiger partial charge < -0.3 is 9.47 Å². The van der Waals surface area contributed by atoms with E-state index in [1.807, 2.05) is 0 Å². The Bertz CT molecular complexity index is 527. The normalized spacial score (nSPS) is 13.1. The summed E-state index contributed by atoms with van der Waals surface area (Å²) in [7, 11) is 1.21. The van der Waals surface area contributed by atoms with Gasteiger partial charge in [0.2, 0.25) is 0 Å². The SMILES string of the molecule is COC(=O)CCOC(C)c1cc(C(F)(F)F)c(=O)[nH]n1. The van der Waals surface area contributed by atoms with Crippen LogP contribution in [-0.4, -0.2) is 29.9 Å². The highest BCUT2D eigenvalue weighted by atomic mass is 19.4. The number of methoxy groups -OCH3 is 1. The predicted octanol–water partition coefficient (Wildman–Crippen LogP) is 1.43. The van der Waals surface area contributed by atoms with Crippen molar-refractivity contribution in [3.8, 4) is 0 Å². The Labute approximate surface area is 111 Å². The lowest BCUT2D eigenvalue weighted by Crippen LogP contribution is -2.24. The molecule has 0 saturated carbocycles. The molecule has 1 unspecified atom stereocenters. The molecule has 1 aromatic rings. The molecule has 1 aromatic heterocycles. The Morgan fingerprint density at radius 3 is 2.70 bits per heavy atom. The van der Waals surface area contributed by atoms with Crippen LogP contribution >= 0.6 is 0 Å². The molecule has 1 N–H and O–H groups in total. The molecule has 0 fully saturated rings. The van der Waals surface area contributed by atoms with Crippen LogP contribution in [0.25, 0.3) is 0 Å². The van der Waals surface area contributed by atoms with Gasteiger partial charge in [-0.05, 0) is 13.0 Å². The average Bonchev–Trinajstić information content (AvgIpc) is 2.37. The molecule has 1 heterocycles. The topological polar surface area (TPSA) is 81.3 Å². The zero-order valence-electron chi connectivity index (χ0n) is 10.8. The van der Waals surface area contributed by atoms with Crippen molar-refractivity contribution in [3.05, 3.63) is 27.7 Å². The van der Waals surface area contributed by atoms with Gasteiger partial charge in [-0.3, -0.25) is 9.59 Å². The molecule has 0 aliphatic rings. The summed E-state index contributed by atoms with van der Waals surface area (Å²) in [5, 5.41) is 5.26. The number of hydrogen-bond donors (Lipinski definition) is 1. The standard InChI is InChI=1S/C11H13F3N2O4/c1-6(20-4-3-9(17)19-2)8-5-7(11(12,13)14)10(18)16-15-8/h5-6H,3-4H2,1-2H3,(H,16,18). The van der Waals surface area contributed by atoms with E-state index in [0.717, 1.165) is 0 Å². The lowest BCUT2D eigenvalue weighted by molar-refractivity contribution is -0.142. The number of carbonyl (C=O) groups excluding carboxylic acids is 1. The number of H-pyrrole nitrogens is 1. The van der Waals surface area contributed by atoms with E-state index in [1.165, 1.54) is 14.0 Å². The number of alkyl halides is 3. The minimum atomic E-state index is -4.77. The van der Waals surface area contributed by atoms with Crippen molar-refractivity contribution in [1.29, 1.82) is 0 Å². The number of aromatic nitrogens is 2. The van der Waals surface area contributed by atoms with Crippen LogP contribution in [0.5, 0.6) is 0 Å². The van der Waals surface area contributed by atoms with E-state index in [4.69, 9.17) is 4.74 Å². The van der Waals surface area contributed by atoms with Crippen LogP contribution in [0.4, 0.5) is 13.2 Å². The molecule has 9 heteroatoms. The first kappa shape index (κ1) is 16.2. The van der Waals surface area contributed by atoms with Gasteiger partial charge in [-0.1, -0.05) is 0 Å². The summed E-state index contributed by atoms with van der Waals surface area (Å²) in [6.45, 7) is 1.42. The van der Waals surface area contributed by atoms with E-state index < -0.39 is 29.4 Å². The Morgan fingerprint density at radius 1 is 1.50 bits per heavy atom. The predicted molar refractivity (Wildman–Crippen MR) is 60.9 cm³/mol. The van der Waals surface area contributed by atoms with E-state index in [0.29, 0.717) is 6.07 Å². The molecule has 6 nitrogen and oxygen atoms in total. The fraction of sp³-hybridized carbons (Fsp3) is 0.545. The second kappa shape index (κ2) is 6.51. The molecule has 1 rings (SSSR count). The first-order valence-electron chi connectivity index (χ1n) is 5.61. The van der Waals surface area contributed by atoms with Crippen LogP contribution in [0.15, 0.2) is 10.9 Å². The molecule has 0 saturated heterocycles. The second-order valence-corrected chi connectivity index (χ2v) is 3.87. The van der Waals surface area contributed by atoms with Crippen LogP contribution in [0.2, 0.25) is 0 Å². The van der Waals surface area contributed by atoms with Crippen molar-refractivity contribution in [2.24, 2.45) is 0 Å². The third-order valence-electron chi connectivity index (χ3n) is 2.45. The van der Waals surface area contributed by atoms with Crippen molar-refractivity contribution in [2.75, 3.05) is 13.7 Å². The van der Waals surface area contributed by atoms with Crippen LogP contribution in [-0.2, 0) is 20.4 Å². The minimum Gasteiger partial charge on any atom is -0.469 e. The summed E-state index contributed by atoms with van der Waals surface area (Å²) < 4.78 is 47.2. The number of esters is 1. The van der Waals surface area contributed by atoms with Gasteiger partial charge in [-0.25, -0.2) is 5.10 Å². The van der Waals surface area contributed by atoms with Crippen LogP contribution < -0.4 is 5.56 Å². The third kappa shape index (κ3) is 4.34.